The Morgan fingerprint density at radius 2 is 1.80 bits per heavy atom. The van der Waals surface area contributed by atoms with Crippen LogP contribution in [0.25, 0.3) is 0 Å². The van der Waals surface area contributed by atoms with Crippen LogP contribution in [-0.4, -0.2) is 47.8 Å². The third-order valence-corrected chi connectivity index (χ3v) is 3.22. The molecule has 5 nitrogen and oxygen atoms in total. The Bertz CT molecular complexity index is 370. The van der Waals surface area contributed by atoms with Gasteiger partial charge >= 0.3 is 12.3 Å². The first-order chi connectivity index (χ1) is 8.89. The zero-order chi connectivity index (χ0) is 15.8. The number of methoxy groups -OCH3 is 1. The maximum absolute atomic E-state index is 12.9. The fraction of sp³-hybridized carbons (Fsp3) is 0.917. The number of alkyl carbamates (subject to hydrolysis) is 1. The molecular weight excluding hydrogens is 279 g/mol. The molecule has 0 heterocycles. The summed E-state index contributed by atoms with van der Waals surface area (Å²) in [4.78, 5) is 11.6. The first-order valence-electron chi connectivity index (χ1n) is 6.13. The van der Waals surface area contributed by atoms with Gasteiger partial charge in [0.1, 0.15) is 5.60 Å². The smallest absolute Gasteiger partial charge is 0.417 e. The van der Waals surface area contributed by atoms with Crippen LogP contribution in [0.2, 0.25) is 0 Å². The molecule has 1 rings (SSSR count). The molecule has 1 fully saturated rings. The minimum absolute atomic E-state index is 0.546. The number of carbonyl (C=O) groups is 1. The maximum Gasteiger partial charge on any atom is 0.417 e. The highest BCUT2D eigenvalue weighted by molar-refractivity contribution is 5.69. The van der Waals surface area contributed by atoms with Gasteiger partial charge in [-0.15, -0.1) is 0 Å². The Labute approximate surface area is 115 Å². The third kappa shape index (κ3) is 3.35. The standard InChI is InChI=1S/C12H20F3NO4/c1-9(2,3)20-8(18)16-10(7-17)5-11(6-10,19-4)12(13,14)15/h17H,5-7H2,1-4H3,(H,16,18). The molecule has 0 unspecified atom stereocenters. The van der Waals surface area contributed by atoms with Crippen molar-refractivity contribution in [3.8, 4) is 0 Å². The predicted octanol–water partition coefficient (Wildman–Crippen LogP) is 1.98. The van der Waals surface area contributed by atoms with Gasteiger partial charge in [-0.25, -0.2) is 4.79 Å². The first-order valence-corrected chi connectivity index (χ1v) is 6.13. The number of nitrogens with one attached hydrogen (secondary N) is 1. The summed E-state index contributed by atoms with van der Waals surface area (Å²) >= 11 is 0. The summed E-state index contributed by atoms with van der Waals surface area (Å²) in [6, 6.07) is 0. The van der Waals surface area contributed by atoms with E-state index in [1.165, 1.54) is 0 Å². The van der Waals surface area contributed by atoms with Gasteiger partial charge in [-0.2, -0.15) is 13.2 Å². The lowest BCUT2D eigenvalue weighted by atomic mass is 9.64. The molecular formula is C12H20F3NO4. The molecule has 0 bridgehead atoms. The van der Waals surface area contributed by atoms with E-state index in [2.05, 4.69) is 10.1 Å². The molecule has 20 heavy (non-hydrogen) atoms. The van der Waals surface area contributed by atoms with Crippen LogP contribution in [0.3, 0.4) is 0 Å². The number of carbonyl (C=O) groups excluding carboxylic acids is 1. The molecule has 1 aliphatic carbocycles. The molecule has 0 saturated heterocycles. The zero-order valence-corrected chi connectivity index (χ0v) is 11.9. The molecule has 1 saturated carbocycles. The van der Waals surface area contributed by atoms with Gasteiger partial charge in [-0.3, -0.25) is 0 Å². The van der Waals surface area contributed by atoms with Crippen LogP contribution in [0.15, 0.2) is 0 Å². The van der Waals surface area contributed by atoms with Crippen LogP contribution < -0.4 is 5.32 Å². The maximum atomic E-state index is 12.9. The van der Waals surface area contributed by atoms with Gasteiger partial charge in [0.25, 0.3) is 0 Å². The van der Waals surface area contributed by atoms with Crippen molar-refractivity contribution >= 4 is 6.09 Å². The predicted molar refractivity (Wildman–Crippen MR) is 64.2 cm³/mol. The largest absolute Gasteiger partial charge is 0.444 e. The van der Waals surface area contributed by atoms with Crippen molar-refractivity contribution in [2.45, 2.75) is 56.5 Å². The number of hydrogen-bond acceptors (Lipinski definition) is 4. The van der Waals surface area contributed by atoms with Crippen LogP contribution in [0, 0.1) is 0 Å². The molecule has 0 aromatic heterocycles. The van der Waals surface area contributed by atoms with Crippen LogP contribution in [-0.2, 0) is 9.47 Å². The topological polar surface area (TPSA) is 67.8 Å². The summed E-state index contributed by atoms with van der Waals surface area (Å²) in [6.45, 7) is 4.28. The number of alkyl halides is 3. The van der Waals surface area contributed by atoms with E-state index in [0.717, 1.165) is 7.11 Å². The van der Waals surface area contributed by atoms with Crippen molar-refractivity contribution in [2.75, 3.05) is 13.7 Å². The van der Waals surface area contributed by atoms with Crippen molar-refractivity contribution in [3.05, 3.63) is 0 Å². The zero-order valence-electron chi connectivity index (χ0n) is 11.9. The Hall–Kier alpha value is -1.02. The third-order valence-electron chi connectivity index (χ3n) is 3.22. The van der Waals surface area contributed by atoms with Gasteiger partial charge in [0.05, 0.1) is 12.1 Å². The second-order valence-corrected chi connectivity index (χ2v) is 6.12. The highest BCUT2D eigenvalue weighted by Gasteiger charge is 2.69. The average molecular weight is 299 g/mol. The van der Waals surface area contributed by atoms with Crippen molar-refractivity contribution < 1.29 is 32.5 Å². The van der Waals surface area contributed by atoms with Crippen LogP contribution >= 0.6 is 0 Å². The molecule has 0 radical (unpaired) electrons. The van der Waals surface area contributed by atoms with E-state index < -0.39 is 48.5 Å². The summed E-state index contributed by atoms with van der Waals surface area (Å²) in [5, 5.41) is 11.6. The van der Waals surface area contributed by atoms with E-state index in [9.17, 15) is 23.1 Å². The summed E-state index contributed by atoms with van der Waals surface area (Å²) in [6.07, 6.45) is -6.51. The van der Waals surface area contributed by atoms with Crippen LogP contribution in [0.4, 0.5) is 18.0 Å². The van der Waals surface area contributed by atoms with E-state index >= 15 is 0 Å². The minimum Gasteiger partial charge on any atom is -0.444 e. The average Bonchev–Trinajstić information content (AvgIpc) is 2.18. The number of rotatable bonds is 3. The molecule has 118 valence electrons. The van der Waals surface area contributed by atoms with E-state index in [-0.39, 0.29) is 0 Å². The number of aliphatic hydroxyl groups excluding tert-OH is 1. The lowest BCUT2D eigenvalue weighted by Crippen LogP contribution is -2.72. The summed E-state index contributed by atoms with van der Waals surface area (Å²) in [5.74, 6) is 0. The molecule has 1 amide bonds. The number of amides is 1. The van der Waals surface area contributed by atoms with Gasteiger partial charge < -0.3 is 19.9 Å². The second-order valence-electron chi connectivity index (χ2n) is 6.12. The fourth-order valence-corrected chi connectivity index (χ4v) is 2.26. The molecule has 8 heteroatoms. The number of hydrogen-bond donors (Lipinski definition) is 2. The number of halogens is 3. The van der Waals surface area contributed by atoms with E-state index in [1.807, 2.05) is 0 Å². The first kappa shape index (κ1) is 17.0. The molecule has 0 aliphatic heterocycles. The molecule has 2 N–H and O–H groups in total. The Morgan fingerprint density at radius 1 is 1.30 bits per heavy atom. The van der Waals surface area contributed by atoms with Crippen molar-refractivity contribution in [3.63, 3.8) is 0 Å². The van der Waals surface area contributed by atoms with Crippen LogP contribution in [0.1, 0.15) is 33.6 Å². The Balaban J connectivity index is 2.73. The molecule has 0 spiro atoms. The Kier molecular flexibility index (Phi) is 4.32. The molecule has 0 aromatic rings. The molecule has 0 aromatic carbocycles. The molecule has 1 aliphatic rings. The van der Waals surface area contributed by atoms with Gasteiger partial charge in [0.2, 0.25) is 0 Å². The van der Waals surface area contributed by atoms with Crippen molar-refractivity contribution in [1.29, 1.82) is 0 Å². The Morgan fingerprint density at radius 3 is 2.10 bits per heavy atom. The fourth-order valence-electron chi connectivity index (χ4n) is 2.26. The SMILES string of the molecule is COC1(C(F)(F)F)CC(CO)(NC(=O)OC(C)(C)C)C1. The van der Waals surface area contributed by atoms with Crippen molar-refractivity contribution in [2.24, 2.45) is 0 Å². The van der Waals surface area contributed by atoms with Gasteiger partial charge in [0.15, 0.2) is 5.60 Å². The normalized spacial score (nSPS) is 30.6. The van der Waals surface area contributed by atoms with E-state index in [0.29, 0.717) is 0 Å². The highest BCUT2D eigenvalue weighted by atomic mass is 19.4. The lowest BCUT2D eigenvalue weighted by molar-refractivity contribution is -0.316. The quantitative estimate of drug-likeness (QED) is 0.836. The minimum atomic E-state index is -4.56. The number of ether oxygens (including phenoxy) is 2. The van der Waals surface area contributed by atoms with Gasteiger partial charge in [0, 0.05) is 20.0 Å². The monoisotopic (exact) mass is 299 g/mol. The van der Waals surface area contributed by atoms with Gasteiger partial charge in [-0.05, 0) is 20.8 Å². The summed E-state index contributed by atoms with van der Waals surface area (Å²) in [7, 11) is 0.961. The van der Waals surface area contributed by atoms with Gasteiger partial charge in [-0.1, -0.05) is 0 Å². The lowest BCUT2D eigenvalue weighted by Gasteiger charge is -2.54. The molecule has 0 atom stereocenters. The highest BCUT2D eigenvalue weighted by Crippen LogP contribution is 2.52. The summed E-state index contributed by atoms with van der Waals surface area (Å²) in [5.41, 5.74) is -4.47. The van der Waals surface area contributed by atoms with E-state index in [4.69, 9.17) is 4.74 Å². The van der Waals surface area contributed by atoms with E-state index in [1.54, 1.807) is 20.8 Å². The van der Waals surface area contributed by atoms with Crippen molar-refractivity contribution in [1.82, 2.24) is 5.32 Å². The van der Waals surface area contributed by atoms with Crippen LogP contribution in [0.5, 0.6) is 0 Å². The summed E-state index contributed by atoms with van der Waals surface area (Å²) < 4.78 is 48.2. The number of aliphatic hydroxyl groups is 1. The second kappa shape index (κ2) is 5.07.